The van der Waals surface area contributed by atoms with E-state index in [1.165, 1.54) is 22.3 Å². The molecule has 0 amide bonds. The second kappa shape index (κ2) is 5.65. The van der Waals surface area contributed by atoms with Crippen LogP contribution in [0.15, 0.2) is 51.9 Å². The SMILES string of the molecule is CSC1=NC23c4cc(Br)ccc4CC24CCc2ccccc2CC43OCN1C. The number of ether oxygens (including phenoxy) is 1. The van der Waals surface area contributed by atoms with Crippen LogP contribution in [0.1, 0.15) is 28.7 Å². The lowest BCUT2D eigenvalue weighted by Gasteiger charge is -2.27. The maximum atomic E-state index is 6.88. The second-order valence-corrected chi connectivity index (χ2v) is 10.3. The Morgan fingerprint density at radius 2 is 1.93 bits per heavy atom. The third-order valence-corrected chi connectivity index (χ3v) is 8.86. The van der Waals surface area contributed by atoms with Gasteiger partial charge in [0.2, 0.25) is 0 Å². The lowest BCUT2D eigenvalue weighted by Crippen LogP contribution is -2.35. The van der Waals surface area contributed by atoms with Crippen LogP contribution in [0.4, 0.5) is 0 Å². The number of amidine groups is 1. The average Bonchev–Trinajstić information content (AvgIpc) is 3.13. The quantitative estimate of drug-likeness (QED) is 0.573. The van der Waals surface area contributed by atoms with E-state index in [1.807, 2.05) is 0 Å². The summed E-state index contributed by atoms with van der Waals surface area (Å²) in [6.45, 7) is 0.606. The number of nitrogens with zero attached hydrogens (tertiary/aromatic N) is 2. The van der Waals surface area contributed by atoms with E-state index in [4.69, 9.17) is 9.73 Å². The molecule has 3 nitrogen and oxygen atoms in total. The van der Waals surface area contributed by atoms with Crippen LogP contribution in [0.25, 0.3) is 0 Å². The van der Waals surface area contributed by atoms with Crippen LogP contribution in [0.2, 0.25) is 0 Å². The molecule has 0 radical (unpaired) electrons. The maximum Gasteiger partial charge on any atom is 0.161 e. The Morgan fingerprint density at radius 3 is 2.75 bits per heavy atom. The number of aryl methyl sites for hydroxylation is 1. The van der Waals surface area contributed by atoms with Gasteiger partial charge in [0.25, 0.3) is 0 Å². The van der Waals surface area contributed by atoms with Crippen LogP contribution in [0.5, 0.6) is 0 Å². The van der Waals surface area contributed by atoms with Crippen molar-refractivity contribution >= 4 is 32.9 Å². The Bertz CT molecular complexity index is 1040. The molecule has 3 atom stereocenters. The fourth-order valence-corrected chi connectivity index (χ4v) is 7.38. The van der Waals surface area contributed by atoms with Gasteiger partial charge in [0.15, 0.2) is 5.17 Å². The van der Waals surface area contributed by atoms with E-state index in [0.717, 1.165) is 35.3 Å². The minimum absolute atomic E-state index is 0.0599. The van der Waals surface area contributed by atoms with Crippen molar-refractivity contribution in [2.45, 2.75) is 36.8 Å². The van der Waals surface area contributed by atoms with Gasteiger partial charge in [-0.15, -0.1) is 0 Å². The van der Waals surface area contributed by atoms with Crippen molar-refractivity contribution in [3.05, 3.63) is 69.2 Å². The largest absolute Gasteiger partial charge is 0.351 e. The van der Waals surface area contributed by atoms with Crippen molar-refractivity contribution in [3.63, 3.8) is 0 Å². The smallest absolute Gasteiger partial charge is 0.161 e. The van der Waals surface area contributed by atoms with Gasteiger partial charge in [0.1, 0.15) is 17.9 Å². The molecule has 1 fully saturated rings. The molecule has 3 unspecified atom stereocenters. The van der Waals surface area contributed by atoms with Gasteiger partial charge in [-0.05, 0) is 59.9 Å². The molecule has 5 heteroatoms. The highest BCUT2D eigenvalue weighted by Gasteiger charge is 2.92. The predicted molar refractivity (Wildman–Crippen MR) is 118 cm³/mol. The van der Waals surface area contributed by atoms with Gasteiger partial charge in [0.05, 0.1) is 0 Å². The third kappa shape index (κ3) is 1.85. The molecule has 3 aliphatic carbocycles. The lowest BCUT2D eigenvalue weighted by molar-refractivity contribution is -0.0382. The molecule has 144 valence electrons. The van der Waals surface area contributed by atoms with Crippen molar-refractivity contribution in [3.8, 4) is 0 Å². The van der Waals surface area contributed by atoms with E-state index < -0.39 is 0 Å². The fraction of sp³-hybridized carbons (Fsp3) is 0.435. The zero-order valence-corrected chi connectivity index (χ0v) is 18.6. The van der Waals surface area contributed by atoms with Crippen molar-refractivity contribution in [2.24, 2.45) is 10.4 Å². The van der Waals surface area contributed by atoms with Gasteiger partial charge in [-0.2, -0.15) is 0 Å². The van der Waals surface area contributed by atoms with Gasteiger partial charge in [-0.1, -0.05) is 58.0 Å². The molecule has 0 bridgehead atoms. The Kier molecular flexibility index (Phi) is 3.54. The van der Waals surface area contributed by atoms with Crippen LogP contribution >= 0.6 is 27.7 Å². The summed E-state index contributed by atoms with van der Waals surface area (Å²) in [6.07, 6.45) is 6.39. The van der Waals surface area contributed by atoms with Crippen molar-refractivity contribution < 1.29 is 4.74 Å². The first kappa shape index (κ1) is 17.5. The second-order valence-electron chi connectivity index (χ2n) is 8.61. The summed E-state index contributed by atoms with van der Waals surface area (Å²) < 4.78 is 8.01. The first-order valence-corrected chi connectivity index (χ1v) is 11.9. The molecule has 28 heavy (non-hydrogen) atoms. The normalized spacial score (nSPS) is 34.8. The minimum Gasteiger partial charge on any atom is -0.351 e. The summed E-state index contributed by atoms with van der Waals surface area (Å²) in [5.74, 6) is 0. The van der Waals surface area contributed by atoms with E-state index in [0.29, 0.717) is 6.73 Å². The minimum atomic E-state index is -0.268. The predicted octanol–water partition coefficient (Wildman–Crippen LogP) is 4.77. The molecule has 6 rings (SSSR count). The molecule has 3 spiro atoms. The zero-order valence-electron chi connectivity index (χ0n) is 16.2. The molecule has 2 aromatic carbocycles. The third-order valence-electron chi connectivity index (χ3n) is 7.60. The van der Waals surface area contributed by atoms with E-state index in [-0.39, 0.29) is 16.6 Å². The molecule has 4 aliphatic rings. The molecule has 0 saturated heterocycles. The molecule has 0 aromatic heterocycles. The molecule has 0 N–H and O–H groups in total. The highest BCUT2D eigenvalue weighted by molar-refractivity contribution is 9.10. The number of hydrogen-bond donors (Lipinski definition) is 0. The first-order chi connectivity index (χ1) is 13.6. The highest BCUT2D eigenvalue weighted by Crippen LogP contribution is 2.83. The van der Waals surface area contributed by atoms with Crippen LogP contribution in [0.3, 0.4) is 0 Å². The highest BCUT2D eigenvalue weighted by atomic mass is 79.9. The lowest BCUT2D eigenvalue weighted by atomic mass is 9.89. The number of rotatable bonds is 0. The number of benzene rings is 2. The van der Waals surface area contributed by atoms with Crippen LogP contribution in [-0.4, -0.2) is 35.7 Å². The summed E-state index contributed by atoms with van der Waals surface area (Å²) in [5, 5.41) is 1.09. The van der Waals surface area contributed by atoms with Gasteiger partial charge < -0.3 is 9.64 Å². The molecular formula is C23H23BrN2OS. The summed E-state index contributed by atoms with van der Waals surface area (Å²) in [4.78, 5) is 7.69. The summed E-state index contributed by atoms with van der Waals surface area (Å²) in [7, 11) is 2.09. The molecule has 1 saturated carbocycles. The first-order valence-electron chi connectivity index (χ1n) is 9.92. The Balaban J connectivity index is 1.63. The number of hydrogen-bond acceptors (Lipinski definition) is 4. The average molecular weight is 455 g/mol. The number of aliphatic imine (C=N–C) groups is 1. The van der Waals surface area contributed by atoms with Crippen molar-refractivity contribution in [1.82, 2.24) is 4.90 Å². The van der Waals surface area contributed by atoms with Crippen LogP contribution in [-0.2, 0) is 29.5 Å². The standard InChI is InChI=1S/C23H23BrN2OS/c1-26-14-27-22-13-16-6-4-3-5-15(16)9-10-21(22)12-17-7-8-18(24)11-19(17)23(21,22)25-20(26)28-2/h3-8,11H,9-10,12-14H2,1-2H3. The van der Waals surface area contributed by atoms with Crippen LogP contribution in [0, 0.1) is 5.41 Å². The van der Waals surface area contributed by atoms with Crippen molar-refractivity contribution in [2.75, 3.05) is 20.0 Å². The topological polar surface area (TPSA) is 24.8 Å². The number of thioether (sulfide) groups is 1. The molecular weight excluding hydrogens is 432 g/mol. The van der Waals surface area contributed by atoms with E-state index in [1.54, 1.807) is 11.8 Å². The van der Waals surface area contributed by atoms with Gasteiger partial charge in [-0.25, -0.2) is 4.99 Å². The van der Waals surface area contributed by atoms with Gasteiger partial charge in [-0.3, -0.25) is 0 Å². The Labute approximate surface area is 178 Å². The summed E-state index contributed by atoms with van der Waals surface area (Å²) in [5.41, 5.74) is 5.30. The van der Waals surface area contributed by atoms with E-state index >= 15 is 0 Å². The fourth-order valence-electron chi connectivity index (χ4n) is 6.43. The number of halogens is 1. The molecule has 1 heterocycles. The maximum absolute atomic E-state index is 6.88. The van der Waals surface area contributed by atoms with Crippen LogP contribution < -0.4 is 0 Å². The Morgan fingerprint density at radius 1 is 1.11 bits per heavy atom. The van der Waals surface area contributed by atoms with Crippen molar-refractivity contribution in [1.29, 1.82) is 0 Å². The summed E-state index contributed by atoms with van der Waals surface area (Å²) in [6, 6.07) is 15.7. The van der Waals surface area contributed by atoms with Gasteiger partial charge >= 0.3 is 0 Å². The number of fused-ring (bicyclic) bond motifs is 2. The van der Waals surface area contributed by atoms with Gasteiger partial charge in [0, 0.05) is 23.4 Å². The Hall–Kier alpha value is -1.30. The van der Waals surface area contributed by atoms with E-state index in [9.17, 15) is 0 Å². The zero-order chi connectivity index (χ0) is 19.1. The van der Waals surface area contributed by atoms with E-state index in [2.05, 4.69) is 76.6 Å². The monoisotopic (exact) mass is 454 g/mol. The molecule has 2 aromatic rings. The summed E-state index contributed by atoms with van der Waals surface area (Å²) >= 11 is 5.45. The molecule has 1 aliphatic heterocycles.